The van der Waals surface area contributed by atoms with Crippen molar-refractivity contribution in [2.75, 3.05) is 18.1 Å². The average Bonchev–Trinajstić information content (AvgIpc) is 2.99. The third-order valence-electron chi connectivity index (χ3n) is 7.20. The molecule has 0 aliphatic heterocycles. The number of nitrogens with one attached hydrogen (secondary N) is 3. The first-order chi connectivity index (χ1) is 19.3. The van der Waals surface area contributed by atoms with Crippen LogP contribution < -0.4 is 16.0 Å². The van der Waals surface area contributed by atoms with E-state index in [1.54, 1.807) is 36.0 Å². The second-order valence-corrected chi connectivity index (χ2v) is 10.8. The second-order valence-electron chi connectivity index (χ2n) is 9.95. The van der Waals surface area contributed by atoms with E-state index in [9.17, 15) is 19.5 Å². The molecule has 1 unspecified atom stereocenters. The van der Waals surface area contributed by atoms with Crippen LogP contribution in [0.15, 0.2) is 77.7 Å². The van der Waals surface area contributed by atoms with Crippen LogP contribution >= 0.6 is 11.8 Å². The molecule has 2 atom stereocenters. The van der Waals surface area contributed by atoms with E-state index < -0.39 is 30.6 Å². The van der Waals surface area contributed by atoms with Gasteiger partial charge in [0.05, 0.1) is 12.6 Å². The Bertz CT molecular complexity index is 1310. The molecule has 3 aromatic rings. The number of benzene rings is 3. The quantitative estimate of drug-likeness (QED) is 0.207. The van der Waals surface area contributed by atoms with Gasteiger partial charge in [-0.1, -0.05) is 61.7 Å². The minimum absolute atomic E-state index is 0.311. The summed E-state index contributed by atoms with van der Waals surface area (Å²) >= 11 is 1.59. The summed E-state index contributed by atoms with van der Waals surface area (Å²) in [7, 11) is 0. The fraction of sp³-hybridized carbons (Fsp3) is 0.323. The van der Waals surface area contributed by atoms with Gasteiger partial charge in [0.2, 0.25) is 0 Å². The minimum Gasteiger partial charge on any atom is -0.479 e. The highest BCUT2D eigenvalue weighted by Gasteiger charge is 2.21. The van der Waals surface area contributed by atoms with Gasteiger partial charge in [0.1, 0.15) is 0 Å². The lowest BCUT2D eigenvalue weighted by Crippen LogP contribution is -2.36. The molecule has 4 rings (SSSR count). The number of rotatable bonds is 10. The summed E-state index contributed by atoms with van der Waals surface area (Å²) < 4.78 is 0. The van der Waals surface area contributed by atoms with E-state index in [0.29, 0.717) is 17.2 Å². The zero-order chi connectivity index (χ0) is 28.5. The number of hydrogen-bond acceptors (Lipinski definition) is 5. The van der Waals surface area contributed by atoms with Gasteiger partial charge in [-0.3, -0.25) is 4.79 Å². The predicted molar refractivity (Wildman–Crippen MR) is 157 cm³/mol. The molecule has 1 fully saturated rings. The number of carbonyl (C=O) groups is 3. The molecule has 0 saturated heterocycles. The number of aliphatic carboxylic acids is 1. The van der Waals surface area contributed by atoms with Crippen molar-refractivity contribution >= 4 is 35.4 Å². The van der Waals surface area contributed by atoms with Crippen molar-refractivity contribution in [3.63, 3.8) is 0 Å². The Kier molecular flexibility index (Phi) is 10.2. The Morgan fingerprint density at radius 1 is 0.925 bits per heavy atom. The maximum absolute atomic E-state index is 13.1. The number of aliphatic hydroxyl groups excluding tert-OH is 1. The van der Waals surface area contributed by atoms with Crippen LogP contribution in [-0.4, -0.2) is 47.0 Å². The fourth-order valence-electron chi connectivity index (χ4n) is 4.96. The molecule has 0 heterocycles. The van der Waals surface area contributed by atoms with Crippen molar-refractivity contribution in [3.8, 4) is 0 Å². The van der Waals surface area contributed by atoms with Gasteiger partial charge in [-0.15, -0.1) is 11.8 Å². The maximum Gasteiger partial charge on any atom is 0.334 e. The number of amides is 3. The molecule has 9 heteroatoms. The molecular weight excluding hydrogens is 526 g/mol. The van der Waals surface area contributed by atoms with Crippen LogP contribution in [0.2, 0.25) is 0 Å². The number of carboxylic acids is 1. The van der Waals surface area contributed by atoms with Crippen molar-refractivity contribution in [1.82, 2.24) is 10.6 Å². The number of anilines is 1. The van der Waals surface area contributed by atoms with Crippen LogP contribution in [0, 0.1) is 0 Å². The smallest absolute Gasteiger partial charge is 0.334 e. The molecular formula is C31H35N3O5S. The van der Waals surface area contributed by atoms with Gasteiger partial charge in [0.25, 0.3) is 5.91 Å². The van der Waals surface area contributed by atoms with E-state index in [1.807, 2.05) is 30.5 Å². The molecule has 0 aromatic heterocycles. The van der Waals surface area contributed by atoms with E-state index in [4.69, 9.17) is 5.11 Å². The van der Waals surface area contributed by atoms with E-state index >= 15 is 0 Å². The summed E-state index contributed by atoms with van der Waals surface area (Å²) in [6.07, 6.45) is 6.50. The highest BCUT2D eigenvalue weighted by molar-refractivity contribution is 7.98. The first-order valence-corrected chi connectivity index (χ1v) is 14.7. The van der Waals surface area contributed by atoms with E-state index in [-0.39, 0.29) is 6.03 Å². The standard InChI is InChI=1S/C31H35N3O5S/c1-40-26-9-5-8-25(18-26)33-31(39)34-28(22-12-10-21(11-13-22)20-6-3-2-4-7-20)23-14-16-24(17-15-23)29(36)32-19-27(35)30(37)38/h5,8-18,20,27-28,35H,2-4,6-7,19H2,1H3,(H,32,36)(H,37,38)(H2,33,34,39)/t27-,28?/m1/s1. The lowest BCUT2D eigenvalue weighted by atomic mass is 9.83. The van der Waals surface area contributed by atoms with E-state index in [1.165, 1.54) is 37.7 Å². The van der Waals surface area contributed by atoms with Gasteiger partial charge < -0.3 is 26.2 Å². The molecule has 40 heavy (non-hydrogen) atoms. The molecule has 1 aliphatic carbocycles. The molecule has 3 amide bonds. The minimum atomic E-state index is -1.68. The number of carbonyl (C=O) groups excluding carboxylic acids is 2. The average molecular weight is 562 g/mol. The zero-order valence-electron chi connectivity index (χ0n) is 22.4. The van der Waals surface area contributed by atoms with Gasteiger partial charge in [-0.2, -0.15) is 0 Å². The molecule has 0 bridgehead atoms. The molecule has 0 radical (unpaired) electrons. The number of carboxylic acid groups (broad SMARTS) is 1. The molecule has 1 aliphatic rings. The number of aliphatic hydroxyl groups is 1. The van der Waals surface area contributed by atoms with Crippen LogP contribution in [0.25, 0.3) is 0 Å². The summed E-state index contributed by atoms with van der Waals surface area (Å²) in [5, 5.41) is 26.6. The third-order valence-corrected chi connectivity index (χ3v) is 7.92. The lowest BCUT2D eigenvalue weighted by Gasteiger charge is -2.24. The van der Waals surface area contributed by atoms with Crippen molar-refractivity contribution in [2.45, 2.75) is 55.1 Å². The van der Waals surface area contributed by atoms with Crippen molar-refractivity contribution < 1.29 is 24.6 Å². The van der Waals surface area contributed by atoms with Gasteiger partial charge in [-0.05, 0) is 72.0 Å². The Morgan fingerprint density at radius 3 is 2.20 bits per heavy atom. The fourth-order valence-corrected chi connectivity index (χ4v) is 5.42. The summed E-state index contributed by atoms with van der Waals surface area (Å²) in [5.74, 6) is -1.34. The number of hydrogen-bond donors (Lipinski definition) is 5. The first-order valence-electron chi connectivity index (χ1n) is 13.4. The predicted octanol–water partition coefficient (Wildman–Crippen LogP) is 5.54. The van der Waals surface area contributed by atoms with Crippen LogP contribution in [0.3, 0.4) is 0 Å². The van der Waals surface area contributed by atoms with Crippen molar-refractivity contribution in [1.29, 1.82) is 0 Å². The Labute approximate surface area is 238 Å². The zero-order valence-corrected chi connectivity index (χ0v) is 23.2. The largest absolute Gasteiger partial charge is 0.479 e. The highest BCUT2D eigenvalue weighted by atomic mass is 32.2. The SMILES string of the molecule is CSc1cccc(NC(=O)NC(c2ccc(C(=O)NC[C@@H](O)C(=O)O)cc2)c2ccc(C3CCCCC3)cc2)c1. The Hall–Kier alpha value is -3.82. The lowest BCUT2D eigenvalue weighted by molar-refractivity contribution is -0.146. The first kappa shape index (κ1) is 29.2. The van der Waals surface area contributed by atoms with Crippen LogP contribution in [0.5, 0.6) is 0 Å². The molecule has 1 saturated carbocycles. The maximum atomic E-state index is 13.1. The Morgan fingerprint density at radius 2 is 1.57 bits per heavy atom. The van der Waals surface area contributed by atoms with Crippen molar-refractivity contribution in [2.24, 2.45) is 0 Å². The van der Waals surface area contributed by atoms with E-state index in [0.717, 1.165) is 16.0 Å². The summed E-state index contributed by atoms with van der Waals surface area (Å²) in [5.41, 5.74) is 4.00. The summed E-state index contributed by atoms with van der Waals surface area (Å²) in [6.45, 7) is -0.397. The molecule has 8 nitrogen and oxygen atoms in total. The second kappa shape index (κ2) is 14.0. The van der Waals surface area contributed by atoms with Gasteiger partial charge >= 0.3 is 12.0 Å². The number of urea groups is 1. The Balaban J connectivity index is 1.53. The van der Waals surface area contributed by atoms with Crippen LogP contribution in [0.4, 0.5) is 10.5 Å². The highest BCUT2D eigenvalue weighted by Crippen LogP contribution is 2.33. The van der Waals surface area contributed by atoms with Crippen LogP contribution in [-0.2, 0) is 4.79 Å². The van der Waals surface area contributed by atoms with Gasteiger partial charge in [-0.25, -0.2) is 9.59 Å². The van der Waals surface area contributed by atoms with Gasteiger partial charge in [0.15, 0.2) is 6.10 Å². The van der Waals surface area contributed by atoms with Crippen LogP contribution in [0.1, 0.15) is 71.1 Å². The van der Waals surface area contributed by atoms with Crippen molar-refractivity contribution in [3.05, 3.63) is 95.1 Å². The topological polar surface area (TPSA) is 128 Å². The summed E-state index contributed by atoms with van der Waals surface area (Å²) in [6, 6.07) is 21.9. The number of thioether (sulfide) groups is 1. The third kappa shape index (κ3) is 7.86. The molecule has 3 aromatic carbocycles. The normalized spacial score (nSPS) is 15.1. The molecule has 5 N–H and O–H groups in total. The van der Waals surface area contributed by atoms with E-state index in [2.05, 4.69) is 40.2 Å². The molecule has 210 valence electrons. The summed E-state index contributed by atoms with van der Waals surface area (Å²) in [4.78, 5) is 37.4. The van der Waals surface area contributed by atoms with Gasteiger partial charge in [0, 0.05) is 16.1 Å². The molecule has 0 spiro atoms. The monoisotopic (exact) mass is 561 g/mol.